The summed E-state index contributed by atoms with van der Waals surface area (Å²) in [5.74, 6) is -1.20. The molecule has 1 rings (SSSR count). The minimum atomic E-state index is -3.87. The molecule has 0 bridgehead atoms. The van der Waals surface area contributed by atoms with Crippen LogP contribution >= 0.6 is 15.9 Å². The van der Waals surface area contributed by atoms with Crippen molar-refractivity contribution in [3.8, 4) is 6.07 Å². The minimum Gasteiger partial charge on any atom is -0.478 e. The zero-order valence-electron chi connectivity index (χ0n) is 11.8. The summed E-state index contributed by atoms with van der Waals surface area (Å²) in [6.07, 6.45) is 0.0501. The van der Waals surface area contributed by atoms with E-state index < -0.39 is 22.0 Å². The second-order valence-electron chi connectivity index (χ2n) is 4.62. The van der Waals surface area contributed by atoms with E-state index >= 15 is 0 Å². The lowest BCUT2D eigenvalue weighted by molar-refractivity contribution is 0.0695. The van der Waals surface area contributed by atoms with Crippen LogP contribution in [0.3, 0.4) is 0 Å². The van der Waals surface area contributed by atoms with Gasteiger partial charge in [-0.2, -0.15) is 9.57 Å². The Balaban J connectivity index is 3.40. The molecule has 0 aliphatic carbocycles. The van der Waals surface area contributed by atoms with Gasteiger partial charge in [-0.25, -0.2) is 13.2 Å². The maximum atomic E-state index is 12.5. The lowest BCUT2D eigenvalue weighted by atomic mass is 10.1. The van der Waals surface area contributed by atoms with Gasteiger partial charge in [-0.1, -0.05) is 15.9 Å². The monoisotopic (exact) mass is 374 g/mol. The zero-order valence-corrected chi connectivity index (χ0v) is 14.2. The fraction of sp³-hybridized carbons (Fsp3) is 0.385. The van der Waals surface area contributed by atoms with Gasteiger partial charge in [0.05, 0.1) is 22.9 Å². The van der Waals surface area contributed by atoms with Gasteiger partial charge in [0, 0.05) is 17.6 Å². The molecule has 8 heteroatoms. The molecule has 6 nitrogen and oxygen atoms in total. The molecule has 1 unspecified atom stereocenters. The van der Waals surface area contributed by atoms with Gasteiger partial charge < -0.3 is 5.11 Å². The van der Waals surface area contributed by atoms with E-state index in [-0.39, 0.29) is 16.9 Å². The van der Waals surface area contributed by atoms with Crippen molar-refractivity contribution >= 4 is 31.9 Å². The van der Waals surface area contributed by atoms with Crippen LogP contribution < -0.4 is 0 Å². The van der Waals surface area contributed by atoms with E-state index in [2.05, 4.69) is 15.9 Å². The van der Waals surface area contributed by atoms with Gasteiger partial charge in [0.15, 0.2) is 0 Å². The summed E-state index contributed by atoms with van der Waals surface area (Å²) in [6.45, 7) is 3.20. The van der Waals surface area contributed by atoms with Crippen LogP contribution in [0.5, 0.6) is 0 Å². The number of nitrogens with zero attached hydrogens (tertiary/aromatic N) is 2. The highest BCUT2D eigenvalue weighted by molar-refractivity contribution is 9.10. The number of benzene rings is 1. The van der Waals surface area contributed by atoms with E-state index in [4.69, 9.17) is 10.4 Å². The largest absolute Gasteiger partial charge is 0.478 e. The van der Waals surface area contributed by atoms with Crippen LogP contribution in [0.15, 0.2) is 21.5 Å². The molecular weight excluding hydrogens is 360 g/mol. The van der Waals surface area contributed by atoms with Crippen molar-refractivity contribution in [1.82, 2.24) is 4.31 Å². The molecule has 1 aromatic rings. The summed E-state index contributed by atoms with van der Waals surface area (Å²) in [5.41, 5.74) is 0.374. The average molecular weight is 375 g/mol. The predicted molar refractivity (Wildman–Crippen MR) is 80.5 cm³/mol. The highest BCUT2D eigenvalue weighted by Gasteiger charge is 2.27. The Labute approximate surface area is 132 Å². The Hall–Kier alpha value is -1.43. The molecule has 0 fully saturated rings. The third-order valence-electron chi connectivity index (χ3n) is 3.23. The molecule has 0 aromatic heterocycles. The van der Waals surface area contributed by atoms with Gasteiger partial charge in [-0.15, -0.1) is 0 Å². The number of aromatic carboxylic acids is 1. The number of nitriles is 1. The average Bonchev–Trinajstić information content (AvgIpc) is 2.40. The number of sulfonamides is 1. The number of carboxylic acid groups (broad SMARTS) is 1. The van der Waals surface area contributed by atoms with E-state index in [0.29, 0.717) is 10.0 Å². The van der Waals surface area contributed by atoms with E-state index in [0.717, 1.165) is 10.4 Å². The fourth-order valence-corrected chi connectivity index (χ4v) is 3.72. The highest BCUT2D eigenvalue weighted by atomic mass is 79.9. The van der Waals surface area contributed by atoms with Crippen molar-refractivity contribution < 1.29 is 18.3 Å². The number of carboxylic acids is 1. The molecule has 0 aliphatic heterocycles. The Morgan fingerprint density at radius 3 is 2.57 bits per heavy atom. The third-order valence-corrected chi connectivity index (χ3v) is 6.01. The smallest absolute Gasteiger partial charge is 0.336 e. The molecule has 114 valence electrons. The lowest BCUT2D eigenvalue weighted by Crippen LogP contribution is -2.35. The molecule has 0 saturated carbocycles. The summed E-state index contributed by atoms with van der Waals surface area (Å²) >= 11 is 3.18. The van der Waals surface area contributed by atoms with Gasteiger partial charge in [0.25, 0.3) is 0 Å². The molecule has 1 N–H and O–H groups in total. The molecule has 0 radical (unpaired) electrons. The molecule has 0 spiro atoms. The summed E-state index contributed by atoms with van der Waals surface area (Å²) < 4.78 is 26.5. The highest BCUT2D eigenvalue weighted by Crippen LogP contribution is 2.27. The number of hydrogen-bond acceptors (Lipinski definition) is 4. The van der Waals surface area contributed by atoms with Crippen LogP contribution in [0, 0.1) is 18.3 Å². The van der Waals surface area contributed by atoms with E-state index in [1.807, 2.05) is 6.07 Å². The van der Waals surface area contributed by atoms with Crippen LogP contribution in [0.1, 0.15) is 29.3 Å². The van der Waals surface area contributed by atoms with Crippen LogP contribution in [0.4, 0.5) is 0 Å². The Morgan fingerprint density at radius 2 is 2.10 bits per heavy atom. The molecule has 0 aliphatic rings. The van der Waals surface area contributed by atoms with Gasteiger partial charge in [-0.05, 0) is 31.5 Å². The Kier molecular flexibility index (Phi) is 5.50. The predicted octanol–water partition coefficient (Wildman–Crippen LogP) is 2.38. The SMILES string of the molecule is Cc1c(Br)cc(S(=O)(=O)N(C)C(C)CC#N)cc1C(=O)O. The number of halogens is 1. The topological polar surface area (TPSA) is 98.5 Å². The first-order valence-electron chi connectivity index (χ1n) is 6.01. The maximum Gasteiger partial charge on any atom is 0.336 e. The van der Waals surface area contributed by atoms with Crippen molar-refractivity contribution in [2.45, 2.75) is 31.2 Å². The van der Waals surface area contributed by atoms with E-state index in [1.54, 1.807) is 13.8 Å². The van der Waals surface area contributed by atoms with Crippen molar-refractivity contribution in [1.29, 1.82) is 5.26 Å². The minimum absolute atomic E-state index is 0.0501. The van der Waals surface area contributed by atoms with Crippen LogP contribution in [-0.4, -0.2) is 36.9 Å². The van der Waals surface area contributed by atoms with Gasteiger partial charge in [0.1, 0.15) is 0 Å². The number of carbonyl (C=O) groups is 1. The number of rotatable bonds is 5. The molecule has 21 heavy (non-hydrogen) atoms. The van der Waals surface area contributed by atoms with Crippen molar-refractivity contribution in [2.75, 3.05) is 7.05 Å². The first kappa shape index (κ1) is 17.6. The van der Waals surface area contributed by atoms with Gasteiger partial charge in [0.2, 0.25) is 10.0 Å². The standard InChI is InChI=1S/C13H15BrN2O4S/c1-8(4-5-15)16(3)21(19,20)10-6-11(13(17)18)9(2)12(14)7-10/h6-8H,4H2,1-3H3,(H,17,18). The van der Waals surface area contributed by atoms with Crippen LogP contribution in [0.2, 0.25) is 0 Å². The zero-order chi connectivity index (χ0) is 16.4. The summed E-state index contributed by atoms with van der Waals surface area (Å²) in [6, 6.07) is 3.91. The van der Waals surface area contributed by atoms with Crippen LogP contribution in [-0.2, 0) is 10.0 Å². The lowest BCUT2D eigenvalue weighted by Gasteiger charge is -2.23. The fourth-order valence-electron chi connectivity index (χ4n) is 1.69. The van der Waals surface area contributed by atoms with Gasteiger partial charge in [-0.3, -0.25) is 0 Å². The Bertz CT molecular complexity index is 710. The molecule has 1 aromatic carbocycles. The van der Waals surface area contributed by atoms with Crippen molar-refractivity contribution in [3.63, 3.8) is 0 Å². The first-order valence-corrected chi connectivity index (χ1v) is 8.24. The number of hydrogen-bond donors (Lipinski definition) is 1. The first-order chi connectivity index (χ1) is 9.62. The van der Waals surface area contributed by atoms with Crippen molar-refractivity contribution in [3.05, 3.63) is 27.7 Å². The quantitative estimate of drug-likeness (QED) is 0.852. The summed E-state index contributed by atoms with van der Waals surface area (Å²) in [5, 5.41) is 17.8. The Morgan fingerprint density at radius 1 is 1.52 bits per heavy atom. The molecule has 0 heterocycles. The summed E-state index contributed by atoms with van der Waals surface area (Å²) in [7, 11) is -2.50. The molecule has 0 amide bonds. The van der Waals surface area contributed by atoms with E-state index in [1.165, 1.54) is 13.1 Å². The second kappa shape index (κ2) is 6.56. The maximum absolute atomic E-state index is 12.5. The van der Waals surface area contributed by atoms with E-state index in [9.17, 15) is 13.2 Å². The van der Waals surface area contributed by atoms with Crippen molar-refractivity contribution in [2.24, 2.45) is 0 Å². The van der Waals surface area contributed by atoms with Gasteiger partial charge >= 0.3 is 5.97 Å². The molecular formula is C13H15BrN2O4S. The molecule has 1 atom stereocenters. The normalized spacial score (nSPS) is 13.0. The molecule has 0 saturated heterocycles. The summed E-state index contributed by atoms with van der Waals surface area (Å²) in [4.78, 5) is 11.1. The van der Waals surface area contributed by atoms with Crippen LogP contribution in [0.25, 0.3) is 0 Å². The second-order valence-corrected chi connectivity index (χ2v) is 7.47. The third kappa shape index (κ3) is 3.61.